The predicted molar refractivity (Wildman–Crippen MR) is 79.9 cm³/mol. The Bertz CT molecular complexity index is 658. The lowest BCUT2D eigenvalue weighted by atomic mass is 10.2. The number of nitrogens with zero attached hydrogens (tertiary/aromatic N) is 3. The van der Waals surface area contributed by atoms with Gasteiger partial charge in [-0.2, -0.15) is 0 Å². The molecule has 1 aliphatic heterocycles. The number of benzene rings is 1. The number of thioether (sulfide) groups is 1. The van der Waals surface area contributed by atoms with Crippen molar-refractivity contribution in [1.82, 2.24) is 20.1 Å². The number of aromatic amines is 1. The fourth-order valence-electron chi connectivity index (χ4n) is 2.11. The van der Waals surface area contributed by atoms with Crippen LogP contribution >= 0.6 is 11.8 Å². The van der Waals surface area contributed by atoms with Crippen LogP contribution in [0.5, 0.6) is 0 Å². The molecule has 2 aromatic rings. The zero-order chi connectivity index (χ0) is 15.4. The molecule has 1 fully saturated rings. The molecule has 0 spiro atoms. The van der Waals surface area contributed by atoms with Crippen molar-refractivity contribution in [3.63, 3.8) is 0 Å². The number of morpholine rings is 1. The summed E-state index contributed by atoms with van der Waals surface area (Å²) in [5.74, 6) is 0.290. The molecule has 116 valence electrons. The average molecular weight is 322 g/mol. The van der Waals surface area contributed by atoms with Crippen molar-refractivity contribution in [2.24, 2.45) is 0 Å². The van der Waals surface area contributed by atoms with Gasteiger partial charge in [-0.3, -0.25) is 9.89 Å². The molecule has 8 heteroatoms. The Morgan fingerprint density at radius 2 is 2.14 bits per heavy atom. The number of hydrogen-bond donors (Lipinski definition) is 1. The maximum absolute atomic E-state index is 13.7. The van der Waals surface area contributed by atoms with Crippen molar-refractivity contribution in [2.45, 2.75) is 5.16 Å². The molecule has 0 aliphatic carbocycles. The van der Waals surface area contributed by atoms with Gasteiger partial charge in [-0.1, -0.05) is 23.9 Å². The largest absolute Gasteiger partial charge is 0.378 e. The highest BCUT2D eigenvalue weighted by atomic mass is 32.2. The van der Waals surface area contributed by atoms with E-state index < -0.39 is 0 Å². The van der Waals surface area contributed by atoms with Gasteiger partial charge in [0.15, 0.2) is 5.82 Å². The van der Waals surface area contributed by atoms with Gasteiger partial charge in [-0.15, -0.1) is 5.10 Å². The first-order valence-corrected chi connectivity index (χ1v) is 7.88. The summed E-state index contributed by atoms with van der Waals surface area (Å²) in [5.41, 5.74) is 0.362. The number of H-pyrrole nitrogens is 1. The van der Waals surface area contributed by atoms with Gasteiger partial charge >= 0.3 is 0 Å². The van der Waals surface area contributed by atoms with Gasteiger partial charge in [0.1, 0.15) is 5.82 Å². The highest BCUT2D eigenvalue weighted by Gasteiger charge is 2.18. The van der Waals surface area contributed by atoms with E-state index in [0.29, 0.717) is 42.8 Å². The fourth-order valence-corrected chi connectivity index (χ4v) is 2.82. The van der Waals surface area contributed by atoms with Crippen LogP contribution in [0.2, 0.25) is 0 Å². The summed E-state index contributed by atoms with van der Waals surface area (Å²) in [5, 5.41) is 7.15. The number of amides is 1. The second kappa shape index (κ2) is 6.89. The van der Waals surface area contributed by atoms with Crippen molar-refractivity contribution in [1.29, 1.82) is 0 Å². The molecule has 1 aromatic carbocycles. The summed E-state index contributed by atoms with van der Waals surface area (Å²) in [6, 6.07) is 6.34. The van der Waals surface area contributed by atoms with Crippen LogP contribution in [0.3, 0.4) is 0 Å². The lowest BCUT2D eigenvalue weighted by molar-refractivity contribution is -0.132. The lowest BCUT2D eigenvalue weighted by Crippen LogP contribution is -2.41. The molecule has 0 saturated carbocycles. The van der Waals surface area contributed by atoms with Gasteiger partial charge in [0.2, 0.25) is 11.1 Å². The summed E-state index contributed by atoms with van der Waals surface area (Å²) in [6.07, 6.45) is 0. The molecule has 0 atom stereocenters. The summed E-state index contributed by atoms with van der Waals surface area (Å²) in [6.45, 7) is 2.39. The number of hydrogen-bond acceptors (Lipinski definition) is 5. The molecule has 3 rings (SSSR count). The smallest absolute Gasteiger partial charge is 0.233 e. The normalized spacial score (nSPS) is 15.0. The van der Waals surface area contributed by atoms with Gasteiger partial charge in [0, 0.05) is 13.1 Å². The number of halogens is 1. The SMILES string of the molecule is O=C(CSc1n[nH]c(-c2ccccc2F)n1)N1CCOCC1. The molecule has 1 saturated heterocycles. The minimum Gasteiger partial charge on any atom is -0.378 e. The Kier molecular flexibility index (Phi) is 4.69. The molecule has 0 unspecified atom stereocenters. The third-order valence-electron chi connectivity index (χ3n) is 3.28. The van der Waals surface area contributed by atoms with Crippen LogP contribution in [0, 0.1) is 5.82 Å². The number of rotatable bonds is 4. The first kappa shape index (κ1) is 15.0. The predicted octanol–water partition coefficient (Wildman–Crippen LogP) is 1.56. The summed E-state index contributed by atoms with van der Waals surface area (Å²) in [7, 11) is 0. The van der Waals surface area contributed by atoms with E-state index in [0.717, 1.165) is 0 Å². The van der Waals surface area contributed by atoms with Crippen LogP contribution in [0.15, 0.2) is 29.4 Å². The zero-order valence-electron chi connectivity index (χ0n) is 11.8. The standard InChI is InChI=1S/C14H15FN4O2S/c15-11-4-2-1-3-10(11)13-16-14(18-17-13)22-9-12(20)19-5-7-21-8-6-19/h1-4H,5-9H2,(H,16,17,18). The van der Waals surface area contributed by atoms with Gasteiger partial charge in [-0.25, -0.2) is 9.37 Å². The van der Waals surface area contributed by atoms with Crippen molar-refractivity contribution in [3.05, 3.63) is 30.1 Å². The van der Waals surface area contributed by atoms with Crippen molar-refractivity contribution >= 4 is 17.7 Å². The topological polar surface area (TPSA) is 71.1 Å². The van der Waals surface area contributed by atoms with Crippen LogP contribution in [0.4, 0.5) is 4.39 Å². The zero-order valence-corrected chi connectivity index (χ0v) is 12.6. The molecule has 1 amide bonds. The van der Waals surface area contributed by atoms with Crippen LogP contribution in [-0.4, -0.2) is 58.0 Å². The highest BCUT2D eigenvalue weighted by Crippen LogP contribution is 2.21. The van der Waals surface area contributed by atoms with Gasteiger partial charge in [0.05, 0.1) is 24.5 Å². The van der Waals surface area contributed by atoms with Crippen LogP contribution in [0.1, 0.15) is 0 Å². The Morgan fingerprint density at radius 3 is 2.91 bits per heavy atom. The second-order valence-corrected chi connectivity index (χ2v) is 5.67. The molecule has 0 bridgehead atoms. The molecule has 1 aliphatic rings. The summed E-state index contributed by atoms with van der Waals surface area (Å²) in [4.78, 5) is 18.0. The number of ether oxygens (including phenoxy) is 1. The van der Waals surface area contributed by atoms with E-state index in [1.165, 1.54) is 17.8 Å². The molecule has 0 radical (unpaired) electrons. The number of aromatic nitrogens is 3. The molecule has 1 aromatic heterocycles. The van der Waals surface area contributed by atoms with Gasteiger partial charge in [0.25, 0.3) is 0 Å². The first-order chi connectivity index (χ1) is 10.7. The maximum Gasteiger partial charge on any atom is 0.233 e. The monoisotopic (exact) mass is 322 g/mol. The molecule has 22 heavy (non-hydrogen) atoms. The molecule has 6 nitrogen and oxygen atoms in total. The van der Waals surface area contributed by atoms with E-state index >= 15 is 0 Å². The third kappa shape index (κ3) is 3.45. The molecular weight excluding hydrogens is 307 g/mol. The molecule has 1 N–H and O–H groups in total. The summed E-state index contributed by atoms with van der Waals surface area (Å²) < 4.78 is 18.9. The quantitative estimate of drug-likeness (QED) is 0.865. The van der Waals surface area contributed by atoms with Crippen LogP contribution in [0.25, 0.3) is 11.4 Å². The maximum atomic E-state index is 13.7. The Morgan fingerprint density at radius 1 is 1.36 bits per heavy atom. The van der Waals surface area contributed by atoms with E-state index in [2.05, 4.69) is 15.2 Å². The minimum atomic E-state index is -0.361. The van der Waals surface area contributed by atoms with Gasteiger partial charge in [-0.05, 0) is 12.1 Å². The van der Waals surface area contributed by atoms with E-state index in [1.807, 2.05) is 0 Å². The lowest BCUT2D eigenvalue weighted by Gasteiger charge is -2.26. The molecular formula is C14H15FN4O2S. The number of nitrogens with one attached hydrogen (secondary N) is 1. The second-order valence-electron chi connectivity index (χ2n) is 4.73. The van der Waals surface area contributed by atoms with Crippen molar-refractivity contribution in [3.8, 4) is 11.4 Å². The average Bonchev–Trinajstić information content (AvgIpc) is 3.02. The first-order valence-electron chi connectivity index (χ1n) is 6.89. The van der Waals surface area contributed by atoms with E-state index in [4.69, 9.17) is 4.74 Å². The van der Waals surface area contributed by atoms with Crippen molar-refractivity contribution < 1.29 is 13.9 Å². The van der Waals surface area contributed by atoms with Crippen LogP contribution < -0.4 is 0 Å². The van der Waals surface area contributed by atoms with Crippen molar-refractivity contribution in [2.75, 3.05) is 32.1 Å². The number of carbonyl (C=O) groups excluding carboxylic acids is 1. The Hall–Kier alpha value is -1.93. The van der Waals surface area contributed by atoms with E-state index in [-0.39, 0.29) is 17.5 Å². The minimum absolute atomic E-state index is 0.0329. The van der Waals surface area contributed by atoms with E-state index in [9.17, 15) is 9.18 Å². The highest BCUT2D eigenvalue weighted by molar-refractivity contribution is 7.99. The van der Waals surface area contributed by atoms with Crippen LogP contribution in [-0.2, 0) is 9.53 Å². The van der Waals surface area contributed by atoms with Gasteiger partial charge < -0.3 is 9.64 Å². The fraction of sp³-hybridized carbons (Fsp3) is 0.357. The third-order valence-corrected chi connectivity index (χ3v) is 4.11. The molecule has 2 heterocycles. The van der Waals surface area contributed by atoms with E-state index in [1.54, 1.807) is 23.1 Å². The summed E-state index contributed by atoms with van der Waals surface area (Å²) >= 11 is 1.24. The Labute approximate surface area is 131 Å². The Balaban J connectivity index is 1.60. The number of carbonyl (C=O) groups is 1.